The monoisotopic (exact) mass is 734 g/mol. The number of amides is 3. The van der Waals surface area contributed by atoms with Gasteiger partial charge in [0.2, 0.25) is 17.7 Å². The van der Waals surface area contributed by atoms with Crippen molar-refractivity contribution in [2.45, 2.75) is 50.8 Å². The van der Waals surface area contributed by atoms with Crippen molar-refractivity contribution in [2.24, 2.45) is 7.05 Å². The maximum atomic E-state index is 15.7. The van der Waals surface area contributed by atoms with Gasteiger partial charge in [-0.15, -0.1) is 0 Å². The van der Waals surface area contributed by atoms with Crippen LogP contribution in [-0.2, 0) is 28.0 Å². The lowest BCUT2D eigenvalue weighted by Crippen LogP contribution is -2.51. The van der Waals surface area contributed by atoms with Gasteiger partial charge in [-0.1, -0.05) is 12.1 Å². The van der Waals surface area contributed by atoms with Gasteiger partial charge in [0.05, 0.1) is 12.7 Å². The quantitative estimate of drug-likeness (QED) is 0.209. The molecule has 53 heavy (non-hydrogen) atoms. The maximum Gasteiger partial charge on any atom is 0.387 e. The highest BCUT2D eigenvalue weighted by Gasteiger charge is 2.29. The third-order valence-corrected chi connectivity index (χ3v) is 10.5. The van der Waals surface area contributed by atoms with Crippen LogP contribution in [0.2, 0.25) is 0 Å². The van der Waals surface area contributed by atoms with Crippen molar-refractivity contribution >= 4 is 34.3 Å². The lowest BCUT2D eigenvalue weighted by atomic mass is 9.89. The number of likely N-dealkylation sites (tertiary alicyclic amines) is 1. The number of hydrogen-bond donors (Lipinski definition) is 3. The number of nitrogens with one attached hydrogen (secondary N) is 3. The van der Waals surface area contributed by atoms with Gasteiger partial charge in [-0.3, -0.25) is 39.4 Å². The molecule has 3 fully saturated rings. The first-order valence-electron chi connectivity index (χ1n) is 17.8. The normalized spacial score (nSPS) is 19.2. The fraction of sp³-hybridized carbons (Fsp3) is 0.432. The van der Waals surface area contributed by atoms with Crippen LogP contribution in [0.3, 0.4) is 0 Å². The van der Waals surface area contributed by atoms with E-state index < -0.39 is 18.5 Å². The van der Waals surface area contributed by atoms with E-state index in [0.717, 1.165) is 31.6 Å². The molecule has 0 aliphatic carbocycles. The molecular formula is C37H41F3N8O5. The van der Waals surface area contributed by atoms with Gasteiger partial charge in [-0.2, -0.15) is 13.9 Å². The van der Waals surface area contributed by atoms with Crippen LogP contribution < -0.4 is 20.9 Å². The Hall–Kier alpha value is -5.22. The fourth-order valence-electron chi connectivity index (χ4n) is 7.48. The first-order chi connectivity index (χ1) is 25.5. The van der Waals surface area contributed by atoms with Gasteiger partial charge in [0, 0.05) is 74.6 Å². The summed E-state index contributed by atoms with van der Waals surface area (Å²) in [6.45, 7) is 0.436. The predicted molar refractivity (Wildman–Crippen MR) is 190 cm³/mol. The lowest BCUT2D eigenvalue weighted by molar-refractivity contribution is -0.135. The van der Waals surface area contributed by atoms with Gasteiger partial charge in [-0.05, 0) is 73.7 Å². The van der Waals surface area contributed by atoms with E-state index in [-0.39, 0.29) is 52.2 Å². The Bertz CT molecular complexity index is 2050. The molecule has 5 heterocycles. The number of aryl methyl sites for hydroxylation is 1. The van der Waals surface area contributed by atoms with Crippen molar-refractivity contribution in [3.63, 3.8) is 0 Å². The van der Waals surface area contributed by atoms with E-state index in [1.165, 1.54) is 41.7 Å². The van der Waals surface area contributed by atoms with Crippen LogP contribution in [0.25, 0.3) is 22.0 Å². The minimum Gasteiger partial charge on any atom is -0.434 e. The SMILES string of the molecule is Cn1cc(-c2cc(F)c(CN3CCN(C(=O)CN4CCC(c5ccc(NC6CCC(=O)NC6=O)cc5)CC4)CC3)c(OC(F)F)c2)c2cn[nH]c2c1=O. The molecule has 7 rings (SSSR count). The van der Waals surface area contributed by atoms with Crippen molar-refractivity contribution in [1.82, 2.24) is 34.8 Å². The maximum absolute atomic E-state index is 15.7. The molecule has 0 bridgehead atoms. The van der Waals surface area contributed by atoms with E-state index in [9.17, 15) is 28.0 Å². The number of piperazine rings is 1. The van der Waals surface area contributed by atoms with E-state index in [2.05, 4.69) is 37.9 Å². The zero-order valence-corrected chi connectivity index (χ0v) is 29.2. The number of fused-ring (bicyclic) bond motifs is 1. The number of ether oxygens (including phenoxy) is 1. The summed E-state index contributed by atoms with van der Waals surface area (Å²) < 4.78 is 48.9. The van der Waals surface area contributed by atoms with Crippen molar-refractivity contribution in [2.75, 3.05) is 51.1 Å². The van der Waals surface area contributed by atoms with Crippen molar-refractivity contribution in [3.05, 3.63) is 76.1 Å². The number of aromatic nitrogens is 3. The number of hydrogen-bond acceptors (Lipinski definition) is 9. The van der Waals surface area contributed by atoms with E-state index in [1.807, 2.05) is 17.0 Å². The van der Waals surface area contributed by atoms with Gasteiger partial charge in [-0.25, -0.2) is 4.39 Å². The molecular weight excluding hydrogens is 693 g/mol. The second-order valence-corrected chi connectivity index (χ2v) is 13.9. The number of piperidine rings is 2. The summed E-state index contributed by atoms with van der Waals surface area (Å²) in [7, 11) is 1.54. The van der Waals surface area contributed by atoms with E-state index >= 15 is 4.39 Å². The molecule has 4 aromatic rings. The molecule has 2 aromatic heterocycles. The molecule has 0 saturated carbocycles. The molecule has 3 aliphatic heterocycles. The van der Waals surface area contributed by atoms with Crippen LogP contribution in [0.5, 0.6) is 5.75 Å². The highest BCUT2D eigenvalue weighted by Crippen LogP contribution is 2.35. The van der Waals surface area contributed by atoms with Gasteiger partial charge >= 0.3 is 6.61 Å². The number of carbonyl (C=O) groups is 3. The lowest BCUT2D eigenvalue weighted by Gasteiger charge is -2.37. The largest absolute Gasteiger partial charge is 0.434 e. The topological polar surface area (TPSA) is 145 Å². The molecule has 16 heteroatoms. The van der Waals surface area contributed by atoms with Crippen LogP contribution in [-0.4, -0.2) is 106 Å². The zero-order valence-electron chi connectivity index (χ0n) is 29.2. The molecule has 3 aliphatic rings. The second-order valence-electron chi connectivity index (χ2n) is 13.9. The number of alkyl halides is 2. The molecule has 1 unspecified atom stereocenters. The fourth-order valence-corrected chi connectivity index (χ4v) is 7.48. The van der Waals surface area contributed by atoms with E-state index in [4.69, 9.17) is 4.74 Å². The number of carbonyl (C=O) groups excluding carboxylic acids is 3. The number of halogens is 3. The molecule has 2 aromatic carbocycles. The Labute approximate surface area is 303 Å². The van der Waals surface area contributed by atoms with Crippen LogP contribution in [0.4, 0.5) is 18.9 Å². The highest BCUT2D eigenvalue weighted by atomic mass is 19.3. The molecule has 3 N–H and O–H groups in total. The Morgan fingerprint density at radius 1 is 1.00 bits per heavy atom. The van der Waals surface area contributed by atoms with Gasteiger partial charge in [0.25, 0.3) is 5.56 Å². The third-order valence-electron chi connectivity index (χ3n) is 10.5. The Morgan fingerprint density at radius 2 is 1.74 bits per heavy atom. The summed E-state index contributed by atoms with van der Waals surface area (Å²) in [5, 5.41) is 12.6. The standard InChI is InChI=1S/C37H41F3N8O5/c1-45-19-27(26-18-41-44-34(26)36(45)52)24-16-29(38)28(31(17-24)53-37(39)40)20-47-12-14-48(15-13-47)33(50)21-46-10-8-23(9-11-46)22-2-4-25(5-3-22)42-30-6-7-32(49)43-35(30)51/h2-5,16-19,23,30,37,42H,6-15,20-21H2,1H3,(H,41,44)(H,43,49,51). The van der Waals surface area contributed by atoms with Crippen LogP contribution in [0, 0.1) is 5.82 Å². The first-order valence-corrected chi connectivity index (χ1v) is 17.8. The van der Waals surface area contributed by atoms with Crippen molar-refractivity contribution in [1.29, 1.82) is 0 Å². The van der Waals surface area contributed by atoms with E-state index in [1.54, 1.807) is 4.90 Å². The Balaban J connectivity index is 0.907. The number of aromatic amines is 1. The number of rotatable bonds is 10. The summed E-state index contributed by atoms with van der Waals surface area (Å²) >= 11 is 0. The molecule has 13 nitrogen and oxygen atoms in total. The molecule has 3 saturated heterocycles. The number of pyridine rings is 1. The smallest absolute Gasteiger partial charge is 0.387 e. The van der Waals surface area contributed by atoms with Crippen molar-refractivity contribution in [3.8, 4) is 16.9 Å². The number of nitrogens with zero attached hydrogens (tertiary/aromatic N) is 5. The molecule has 3 amide bonds. The first kappa shape index (κ1) is 36.2. The van der Waals surface area contributed by atoms with Crippen LogP contribution in [0.1, 0.15) is 42.7 Å². The van der Waals surface area contributed by atoms with E-state index in [0.29, 0.717) is 62.4 Å². The van der Waals surface area contributed by atoms with Gasteiger partial charge in [0.15, 0.2) is 0 Å². The number of benzene rings is 2. The zero-order chi connectivity index (χ0) is 37.2. The summed E-state index contributed by atoms with van der Waals surface area (Å²) in [6.07, 6.45) is 5.53. The molecule has 1 atom stereocenters. The minimum atomic E-state index is -3.17. The predicted octanol–water partition coefficient (Wildman–Crippen LogP) is 3.41. The third kappa shape index (κ3) is 8.08. The molecule has 0 radical (unpaired) electrons. The molecule has 0 spiro atoms. The number of H-pyrrole nitrogens is 1. The van der Waals surface area contributed by atoms with Crippen molar-refractivity contribution < 1.29 is 32.3 Å². The van der Waals surface area contributed by atoms with Crippen LogP contribution >= 0.6 is 0 Å². The minimum absolute atomic E-state index is 0.00910. The van der Waals surface area contributed by atoms with Gasteiger partial charge in [0.1, 0.15) is 23.1 Å². The summed E-state index contributed by atoms with van der Waals surface area (Å²) in [5.74, 6) is -1.18. The average Bonchev–Trinajstić information content (AvgIpc) is 3.64. The summed E-state index contributed by atoms with van der Waals surface area (Å²) in [5.41, 5.74) is 2.61. The molecule has 280 valence electrons. The highest BCUT2D eigenvalue weighted by molar-refractivity contribution is 6.01. The Morgan fingerprint density at radius 3 is 2.43 bits per heavy atom. The second kappa shape index (κ2) is 15.4. The number of anilines is 1. The number of imide groups is 1. The van der Waals surface area contributed by atoms with Crippen LogP contribution in [0.15, 0.2) is 53.6 Å². The summed E-state index contributed by atoms with van der Waals surface area (Å²) in [4.78, 5) is 55.1. The average molecular weight is 735 g/mol. The van der Waals surface area contributed by atoms with Gasteiger partial charge < -0.3 is 19.5 Å². The summed E-state index contributed by atoms with van der Waals surface area (Å²) in [6, 6.07) is 10.2. The Kier molecular flexibility index (Phi) is 10.5.